The molecule has 0 aromatic carbocycles. The summed E-state index contributed by atoms with van der Waals surface area (Å²) in [6.07, 6.45) is 2.54. The summed E-state index contributed by atoms with van der Waals surface area (Å²) in [4.78, 5) is 0. The molecule has 0 amide bonds. The van der Waals surface area contributed by atoms with Crippen molar-refractivity contribution in [3.8, 4) is 0 Å². The standard InChI is InChI=1S/C11H18N/c1-4-5-9-12-10(2)7-6-8-11(12)3/h6-8H,4-5,9H2,1-3H3/q+1. The molecule has 0 unspecified atom stereocenters. The molecular weight excluding hydrogens is 146 g/mol. The summed E-state index contributed by atoms with van der Waals surface area (Å²) in [6, 6.07) is 6.46. The summed E-state index contributed by atoms with van der Waals surface area (Å²) >= 11 is 0. The number of rotatable bonds is 3. The number of aryl methyl sites for hydroxylation is 2. The summed E-state index contributed by atoms with van der Waals surface area (Å²) in [7, 11) is 0. The zero-order valence-corrected chi connectivity index (χ0v) is 8.30. The first-order valence-corrected chi connectivity index (χ1v) is 4.71. The summed E-state index contributed by atoms with van der Waals surface area (Å²) in [5.41, 5.74) is 2.73. The number of hydrogen-bond acceptors (Lipinski definition) is 0. The Morgan fingerprint density at radius 2 is 1.75 bits per heavy atom. The van der Waals surface area contributed by atoms with Crippen LogP contribution in [0.15, 0.2) is 18.2 Å². The van der Waals surface area contributed by atoms with Crippen molar-refractivity contribution >= 4 is 0 Å². The van der Waals surface area contributed by atoms with E-state index in [1.807, 2.05) is 0 Å². The average molecular weight is 164 g/mol. The van der Waals surface area contributed by atoms with E-state index in [-0.39, 0.29) is 0 Å². The SMILES string of the molecule is CCCC[n+]1c(C)cccc1C. The van der Waals surface area contributed by atoms with Gasteiger partial charge in [0.15, 0.2) is 11.4 Å². The molecule has 1 aromatic rings. The highest BCUT2D eigenvalue weighted by Gasteiger charge is 2.07. The van der Waals surface area contributed by atoms with E-state index in [0.29, 0.717) is 0 Å². The van der Waals surface area contributed by atoms with Crippen LogP contribution < -0.4 is 4.57 Å². The minimum atomic E-state index is 1.16. The highest BCUT2D eigenvalue weighted by molar-refractivity contribution is 5.00. The Kier molecular flexibility index (Phi) is 3.27. The fourth-order valence-electron chi connectivity index (χ4n) is 1.45. The minimum Gasteiger partial charge on any atom is -0.200 e. The Balaban J connectivity index is 2.81. The Hall–Kier alpha value is -0.850. The van der Waals surface area contributed by atoms with Crippen molar-refractivity contribution < 1.29 is 4.57 Å². The maximum Gasteiger partial charge on any atom is 0.178 e. The van der Waals surface area contributed by atoms with Gasteiger partial charge in [0.1, 0.15) is 6.54 Å². The van der Waals surface area contributed by atoms with Crippen LogP contribution in [0.3, 0.4) is 0 Å². The monoisotopic (exact) mass is 164 g/mol. The lowest BCUT2D eigenvalue weighted by Crippen LogP contribution is -2.40. The molecule has 0 aliphatic rings. The molecule has 0 radical (unpaired) electrons. The molecule has 0 saturated carbocycles. The molecule has 1 heteroatoms. The summed E-state index contributed by atoms with van der Waals surface area (Å²) in [5, 5.41) is 0. The van der Waals surface area contributed by atoms with E-state index in [4.69, 9.17) is 0 Å². The van der Waals surface area contributed by atoms with Crippen LogP contribution in [-0.2, 0) is 6.54 Å². The van der Waals surface area contributed by atoms with Gasteiger partial charge in [-0.3, -0.25) is 0 Å². The summed E-state index contributed by atoms with van der Waals surface area (Å²) < 4.78 is 2.38. The van der Waals surface area contributed by atoms with E-state index >= 15 is 0 Å². The van der Waals surface area contributed by atoms with Gasteiger partial charge >= 0.3 is 0 Å². The zero-order valence-electron chi connectivity index (χ0n) is 8.30. The fraction of sp³-hybridized carbons (Fsp3) is 0.545. The van der Waals surface area contributed by atoms with Crippen molar-refractivity contribution in [2.24, 2.45) is 0 Å². The number of unbranched alkanes of at least 4 members (excludes halogenated alkanes) is 1. The number of pyridine rings is 1. The maximum atomic E-state index is 2.38. The van der Waals surface area contributed by atoms with Crippen LogP contribution in [0.1, 0.15) is 31.2 Å². The van der Waals surface area contributed by atoms with Gasteiger partial charge in [0, 0.05) is 32.4 Å². The molecule has 1 nitrogen and oxygen atoms in total. The first kappa shape index (κ1) is 9.24. The molecule has 0 spiro atoms. The van der Waals surface area contributed by atoms with Crippen LogP contribution in [0.5, 0.6) is 0 Å². The van der Waals surface area contributed by atoms with Gasteiger partial charge in [-0.15, -0.1) is 0 Å². The number of hydrogen-bond donors (Lipinski definition) is 0. The molecule has 1 heterocycles. The van der Waals surface area contributed by atoms with Gasteiger partial charge in [-0.1, -0.05) is 13.3 Å². The largest absolute Gasteiger partial charge is 0.200 e. The molecule has 0 fully saturated rings. The third-order valence-corrected chi connectivity index (χ3v) is 2.26. The van der Waals surface area contributed by atoms with Crippen molar-refractivity contribution in [1.29, 1.82) is 0 Å². The normalized spacial score (nSPS) is 10.2. The van der Waals surface area contributed by atoms with E-state index < -0.39 is 0 Å². The summed E-state index contributed by atoms with van der Waals surface area (Å²) in [5.74, 6) is 0. The molecule has 0 N–H and O–H groups in total. The summed E-state index contributed by atoms with van der Waals surface area (Å²) in [6.45, 7) is 7.73. The van der Waals surface area contributed by atoms with E-state index in [9.17, 15) is 0 Å². The molecule has 66 valence electrons. The van der Waals surface area contributed by atoms with Crippen molar-refractivity contribution in [3.63, 3.8) is 0 Å². The Morgan fingerprint density at radius 1 is 1.17 bits per heavy atom. The Morgan fingerprint density at radius 3 is 2.25 bits per heavy atom. The quantitative estimate of drug-likeness (QED) is 0.604. The van der Waals surface area contributed by atoms with Crippen LogP contribution in [-0.4, -0.2) is 0 Å². The van der Waals surface area contributed by atoms with Crippen LogP contribution in [0.2, 0.25) is 0 Å². The van der Waals surface area contributed by atoms with Crippen LogP contribution in [0.4, 0.5) is 0 Å². The van der Waals surface area contributed by atoms with Crippen LogP contribution >= 0.6 is 0 Å². The van der Waals surface area contributed by atoms with Crippen molar-refractivity contribution in [3.05, 3.63) is 29.6 Å². The van der Waals surface area contributed by atoms with E-state index in [1.54, 1.807) is 0 Å². The third-order valence-electron chi connectivity index (χ3n) is 2.26. The molecule has 12 heavy (non-hydrogen) atoms. The van der Waals surface area contributed by atoms with Crippen molar-refractivity contribution in [2.45, 2.75) is 40.2 Å². The molecule has 0 bridgehead atoms. The van der Waals surface area contributed by atoms with Gasteiger partial charge in [0.05, 0.1) is 0 Å². The fourth-order valence-corrected chi connectivity index (χ4v) is 1.45. The van der Waals surface area contributed by atoms with Gasteiger partial charge in [-0.2, -0.15) is 0 Å². The highest BCUT2D eigenvalue weighted by Crippen LogP contribution is 1.96. The molecule has 1 aromatic heterocycles. The Bertz CT molecular complexity index is 233. The molecule has 0 aliphatic heterocycles. The van der Waals surface area contributed by atoms with Gasteiger partial charge in [0.2, 0.25) is 0 Å². The van der Waals surface area contributed by atoms with E-state index in [0.717, 1.165) is 6.54 Å². The lowest BCUT2D eigenvalue weighted by atomic mass is 10.2. The topological polar surface area (TPSA) is 3.88 Å². The molecular formula is C11H18N+. The molecule has 0 aliphatic carbocycles. The number of aromatic nitrogens is 1. The van der Waals surface area contributed by atoms with Crippen LogP contribution in [0.25, 0.3) is 0 Å². The first-order chi connectivity index (χ1) is 5.75. The van der Waals surface area contributed by atoms with Gasteiger partial charge in [-0.25, -0.2) is 4.57 Å². The van der Waals surface area contributed by atoms with Crippen molar-refractivity contribution in [1.82, 2.24) is 0 Å². The first-order valence-electron chi connectivity index (χ1n) is 4.71. The van der Waals surface area contributed by atoms with Gasteiger partial charge < -0.3 is 0 Å². The lowest BCUT2D eigenvalue weighted by molar-refractivity contribution is -0.708. The maximum absolute atomic E-state index is 2.38. The second-order valence-corrected chi connectivity index (χ2v) is 3.31. The number of nitrogens with zero attached hydrogens (tertiary/aromatic N) is 1. The predicted molar refractivity (Wildman–Crippen MR) is 51.0 cm³/mol. The van der Waals surface area contributed by atoms with E-state index in [1.165, 1.54) is 24.2 Å². The van der Waals surface area contributed by atoms with Crippen LogP contribution in [0, 0.1) is 13.8 Å². The average Bonchev–Trinajstić information content (AvgIpc) is 2.04. The second-order valence-electron chi connectivity index (χ2n) is 3.31. The molecule has 1 rings (SSSR count). The van der Waals surface area contributed by atoms with Crippen molar-refractivity contribution in [2.75, 3.05) is 0 Å². The third kappa shape index (κ3) is 2.07. The highest BCUT2D eigenvalue weighted by atomic mass is 15.0. The van der Waals surface area contributed by atoms with Gasteiger partial charge in [-0.05, 0) is 6.07 Å². The molecule has 0 saturated heterocycles. The Labute approximate surface area is 75.1 Å². The van der Waals surface area contributed by atoms with E-state index in [2.05, 4.69) is 43.5 Å². The predicted octanol–water partition coefficient (Wildman–Crippen LogP) is 2.39. The lowest BCUT2D eigenvalue weighted by Gasteiger charge is -2.01. The second kappa shape index (κ2) is 4.24. The minimum absolute atomic E-state index is 1.16. The van der Waals surface area contributed by atoms with Gasteiger partial charge in [0.25, 0.3) is 0 Å². The zero-order chi connectivity index (χ0) is 8.97. The smallest absolute Gasteiger partial charge is 0.178 e. The molecule has 0 atom stereocenters.